The van der Waals surface area contributed by atoms with Crippen LogP contribution in [-0.4, -0.2) is 69.5 Å². The van der Waals surface area contributed by atoms with Crippen LogP contribution in [-0.2, 0) is 24.2 Å². The topological polar surface area (TPSA) is 101 Å². The normalized spacial score (nSPS) is 19.9. The Labute approximate surface area is 236 Å². The van der Waals surface area contributed by atoms with Crippen molar-refractivity contribution >= 4 is 40.5 Å². The van der Waals surface area contributed by atoms with E-state index in [0.717, 1.165) is 45.3 Å². The van der Waals surface area contributed by atoms with Crippen molar-refractivity contribution in [3.63, 3.8) is 0 Å². The molecular weight excluding hydrogens is 570 g/mol. The minimum Gasteiger partial charge on any atom is -0.618 e. The van der Waals surface area contributed by atoms with Gasteiger partial charge in [0.05, 0.1) is 10.8 Å². The average molecular weight is 602 g/mol. The SMILES string of the molecule is CB(O)N1CCN([C@H]2c3ccc(Cl)cc3CCc3cc(Br)c[n+]([O-])c32)[C@@H](C(=O)NCCCn2ccnc2)C1. The highest BCUT2D eigenvalue weighted by Gasteiger charge is 2.44. The second-order valence-electron chi connectivity index (χ2n) is 9.97. The Bertz CT molecular complexity index is 1290. The first-order valence-corrected chi connectivity index (χ1v) is 14.1. The Hall–Kier alpha value is -2.44. The summed E-state index contributed by atoms with van der Waals surface area (Å²) >= 11 is 9.86. The Morgan fingerprint density at radius 3 is 2.89 bits per heavy atom. The lowest BCUT2D eigenvalue weighted by Gasteiger charge is -2.44. The molecule has 3 aromatic rings. The van der Waals surface area contributed by atoms with E-state index >= 15 is 0 Å². The van der Waals surface area contributed by atoms with Crippen LogP contribution in [0.2, 0.25) is 11.8 Å². The van der Waals surface area contributed by atoms with Gasteiger partial charge >= 0.3 is 7.05 Å². The van der Waals surface area contributed by atoms with Gasteiger partial charge in [-0.25, -0.2) is 4.98 Å². The average Bonchev–Trinajstić information content (AvgIpc) is 3.35. The molecule has 0 radical (unpaired) electrons. The number of nitrogens with one attached hydrogen (secondary N) is 1. The van der Waals surface area contributed by atoms with Gasteiger partial charge in [-0.05, 0) is 71.3 Å². The van der Waals surface area contributed by atoms with Gasteiger partial charge in [-0.2, -0.15) is 4.73 Å². The summed E-state index contributed by atoms with van der Waals surface area (Å²) in [6, 6.07) is 6.82. The predicted octanol–water partition coefficient (Wildman–Crippen LogP) is 2.42. The van der Waals surface area contributed by atoms with Gasteiger partial charge in [0.2, 0.25) is 11.6 Å². The largest absolute Gasteiger partial charge is 0.618 e. The first-order chi connectivity index (χ1) is 18.3. The molecule has 5 rings (SSSR count). The number of piperazine rings is 1. The molecule has 12 heteroatoms. The molecular formula is C26H31BBrClN6O3. The van der Waals surface area contributed by atoms with E-state index in [0.29, 0.717) is 43.3 Å². The van der Waals surface area contributed by atoms with E-state index in [2.05, 4.69) is 31.1 Å². The Kier molecular flexibility index (Phi) is 8.39. The number of carbonyl (C=O) groups is 1. The minimum absolute atomic E-state index is 0.114. The highest BCUT2D eigenvalue weighted by Crippen LogP contribution is 2.38. The van der Waals surface area contributed by atoms with Crippen LogP contribution in [0.4, 0.5) is 0 Å². The third kappa shape index (κ3) is 5.77. The van der Waals surface area contributed by atoms with Crippen molar-refractivity contribution < 1.29 is 14.5 Å². The number of aryl methyl sites for hydroxylation is 3. The number of carbonyl (C=O) groups excluding carboxylic acids is 1. The number of imidazole rings is 1. The Morgan fingerprint density at radius 1 is 1.32 bits per heavy atom. The van der Waals surface area contributed by atoms with Crippen LogP contribution in [0.5, 0.6) is 0 Å². The second kappa shape index (κ2) is 11.8. The van der Waals surface area contributed by atoms with Crippen molar-refractivity contribution in [3.8, 4) is 0 Å². The number of aromatic nitrogens is 3. The molecule has 2 N–H and O–H groups in total. The fraction of sp³-hybridized carbons (Fsp3) is 0.423. The highest BCUT2D eigenvalue weighted by atomic mass is 79.9. The van der Waals surface area contributed by atoms with Crippen LogP contribution in [0.3, 0.4) is 0 Å². The van der Waals surface area contributed by atoms with Gasteiger partial charge in [0.25, 0.3) is 0 Å². The molecule has 3 heterocycles. The predicted molar refractivity (Wildman–Crippen MR) is 150 cm³/mol. The van der Waals surface area contributed by atoms with E-state index in [1.165, 1.54) is 6.20 Å². The molecule has 2 aromatic heterocycles. The summed E-state index contributed by atoms with van der Waals surface area (Å²) in [4.78, 5) is 21.8. The molecule has 1 aliphatic heterocycles. The van der Waals surface area contributed by atoms with Gasteiger partial charge in [-0.15, -0.1) is 0 Å². The molecule has 0 spiro atoms. The van der Waals surface area contributed by atoms with Crippen LogP contribution >= 0.6 is 27.5 Å². The van der Waals surface area contributed by atoms with Crippen LogP contribution in [0.25, 0.3) is 0 Å². The zero-order valence-electron chi connectivity index (χ0n) is 21.3. The van der Waals surface area contributed by atoms with E-state index in [-0.39, 0.29) is 5.91 Å². The maximum absolute atomic E-state index is 13.7. The standard InChI is InChI=1S/C26H31BBrClN6O3/c1-27(37)33-11-12-34(23(16-33)26(36)31-7-2-9-32-10-8-30-17-32)25-22-6-5-21(29)14-18(22)3-4-19-13-20(28)15-35(38)24(19)25/h5-6,8,10,13-15,17,23,25,37H,2-4,7,9,11-12,16H2,1H3,(H,31,36)/t23-,25+/m1/s1. The molecule has 200 valence electrons. The highest BCUT2D eigenvalue weighted by molar-refractivity contribution is 9.10. The van der Waals surface area contributed by atoms with Gasteiger partial charge in [-0.3, -0.25) is 9.69 Å². The molecule has 1 saturated heterocycles. The molecule has 38 heavy (non-hydrogen) atoms. The molecule has 2 atom stereocenters. The quantitative estimate of drug-likeness (QED) is 0.187. The van der Waals surface area contributed by atoms with Crippen LogP contribution < -0.4 is 10.0 Å². The number of hydrogen-bond donors (Lipinski definition) is 2. The summed E-state index contributed by atoms with van der Waals surface area (Å²) in [5, 5.41) is 27.5. The zero-order chi connectivity index (χ0) is 26.8. The van der Waals surface area contributed by atoms with E-state index in [1.54, 1.807) is 19.3 Å². The number of nitrogens with zero attached hydrogens (tertiary/aromatic N) is 5. The van der Waals surface area contributed by atoms with Gasteiger partial charge < -0.3 is 24.9 Å². The Balaban J connectivity index is 1.49. The second-order valence-corrected chi connectivity index (χ2v) is 11.3. The molecule has 1 amide bonds. The third-order valence-electron chi connectivity index (χ3n) is 7.51. The lowest BCUT2D eigenvalue weighted by Crippen LogP contribution is -2.63. The molecule has 0 bridgehead atoms. The number of benzene rings is 1. The minimum atomic E-state index is -0.679. The van der Waals surface area contributed by atoms with E-state index in [9.17, 15) is 15.0 Å². The van der Waals surface area contributed by atoms with Gasteiger partial charge in [-0.1, -0.05) is 17.7 Å². The molecule has 9 nitrogen and oxygen atoms in total. The molecule has 1 fully saturated rings. The molecule has 2 aliphatic rings. The smallest absolute Gasteiger partial charge is 0.376 e. The third-order valence-corrected chi connectivity index (χ3v) is 8.18. The van der Waals surface area contributed by atoms with Crippen LogP contribution in [0, 0.1) is 5.21 Å². The summed E-state index contributed by atoms with van der Waals surface area (Å²) in [5.41, 5.74) is 3.65. The number of fused-ring (bicyclic) bond motifs is 2. The van der Waals surface area contributed by atoms with E-state index < -0.39 is 19.1 Å². The van der Waals surface area contributed by atoms with Crippen LogP contribution in [0.15, 0.2) is 53.7 Å². The fourth-order valence-electron chi connectivity index (χ4n) is 5.62. The van der Waals surface area contributed by atoms with Crippen molar-refractivity contribution in [2.75, 3.05) is 26.2 Å². The lowest BCUT2D eigenvalue weighted by molar-refractivity contribution is -0.617. The maximum Gasteiger partial charge on any atom is 0.376 e. The maximum atomic E-state index is 13.7. The van der Waals surface area contributed by atoms with Crippen molar-refractivity contribution in [1.82, 2.24) is 24.6 Å². The summed E-state index contributed by atoms with van der Waals surface area (Å²) in [7, 11) is -0.679. The summed E-state index contributed by atoms with van der Waals surface area (Å²) in [6.07, 6.45) is 9.12. The molecule has 0 unspecified atom stereocenters. The van der Waals surface area contributed by atoms with Crippen molar-refractivity contribution in [2.24, 2.45) is 0 Å². The molecule has 0 saturated carbocycles. The van der Waals surface area contributed by atoms with E-state index in [4.69, 9.17) is 11.6 Å². The molecule has 1 aromatic carbocycles. The van der Waals surface area contributed by atoms with Crippen molar-refractivity contribution in [1.29, 1.82) is 0 Å². The Morgan fingerprint density at radius 2 is 2.13 bits per heavy atom. The number of pyridine rings is 1. The van der Waals surface area contributed by atoms with Crippen LogP contribution in [0.1, 0.15) is 34.8 Å². The zero-order valence-corrected chi connectivity index (χ0v) is 23.6. The van der Waals surface area contributed by atoms with Crippen molar-refractivity contribution in [3.05, 3.63) is 86.3 Å². The number of hydrogen-bond acceptors (Lipinski definition) is 6. The fourth-order valence-corrected chi connectivity index (χ4v) is 6.27. The van der Waals surface area contributed by atoms with Gasteiger partial charge in [0.15, 0.2) is 6.20 Å². The molecule has 1 aliphatic carbocycles. The van der Waals surface area contributed by atoms with E-state index in [1.807, 2.05) is 39.8 Å². The summed E-state index contributed by atoms with van der Waals surface area (Å²) in [6.45, 7) is 4.43. The number of halogens is 2. The van der Waals surface area contributed by atoms with Crippen molar-refractivity contribution in [2.45, 2.75) is 44.7 Å². The first-order valence-electron chi connectivity index (χ1n) is 12.9. The monoisotopic (exact) mass is 600 g/mol. The van der Waals surface area contributed by atoms with Gasteiger partial charge in [0.1, 0.15) is 12.1 Å². The van der Waals surface area contributed by atoms with Gasteiger partial charge in [0, 0.05) is 55.7 Å². The first kappa shape index (κ1) is 27.1. The summed E-state index contributed by atoms with van der Waals surface area (Å²) in [5.74, 6) is -0.114. The lowest BCUT2D eigenvalue weighted by atomic mass is 9.82. The number of amides is 1. The number of rotatable bonds is 7. The summed E-state index contributed by atoms with van der Waals surface area (Å²) < 4.78 is 3.64.